The maximum Gasteiger partial charge on any atom is 0.159 e. The van der Waals surface area contributed by atoms with Crippen molar-refractivity contribution in [1.29, 1.82) is 5.26 Å². The molecule has 0 radical (unpaired) electrons. The van der Waals surface area contributed by atoms with E-state index in [4.69, 9.17) is 16.3 Å². The van der Waals surface area contributed by atoms with Gasteiger partial charge in [0.15, 0.2) is 11.6 Å². The van der Waals surface area contributed by atoms with E-state index in [9.17, 15) is 10.4 Å². The monoisotopic (exact) mass is 515 g/mol. The van der Waals surface area contributed by atoms with Crippen LogP contribution in [0.25, 0.3) is 10.8 Å². The highest BCUT2D eigenvalue weighted by atomic mass is 35.5. The van der Waals surface area contributed by atoms with Gasteiger partial charge < -0.3 is 20.1 Å². The molecule has 9 heteroatoms. The summed E-state index contributed by atoms with van der Waals surface area (Å²) in [7, 11) is 1.58. The molecular formula is C26H31Cl2N5O2. The van der Waals surface area contributed by atoms with Gasteiger partial charge in [-0.1, -0.05) is 45.4 Å². The number of ether oxygens (including phenoxy) is 1. The lowest BCUT2D eigenvalue weighted by Gasteiger charge is -2.51. The molecule has 1 fully saturated rings. The fourth-order valence-electron chi connectivity index (χ4n) is 5.00. The van der Waals surface area contributed by atoms with Gasteiger partial charge in [0, 0.05) is 41.2 Å². The van der Waals surface area contributed by atoms with Gasteiger partial charge in [-0.05, 0) is 35.9 Å². The van der Waals surface area contributed by atoms with Crippen LogP contribution in [-0.2, 0) is 6.54 Å². The molecule has 4 rings (SSSR count). The van der Waals surface area contributed by atoms with Crippen molar-refractivity contribution in [3.8, 4) is 11.8 Å². The summed E-state index contributed by atoms with van der Waals surface area (Å²) in [5.74, 6) is 1.97. The van der Waals surface area contributed by atoms with Crippen molar-refractivity contribution in [2.24, 2.45) is 10.8 Å². The lowest BCUT2D eigenvalue weighted by Crippen LogP contribution is -2.58. The number of rotatable bonds is 5. The number of nitrogens with one attached hydrogen (secondary N) is 1. The molecule has 0 bridgehead atoms. The fourth-order valence-corrected chi connectivity index (χ4v) is 5.28. The molecule has 0 saturated carbocycles. The molecule has 1 saturated heterocycles. The van der Waals surface area contributed by atoms with Crippen LogP contribution in [0.15, 0.2) is 36.4 Å². The summed E-state index contributed by atoms with van der Waals surface area (Å²) in [6.45, 7) is 10.1. The Labute approximate surface area is 217 Å². The summed E-state index contributed by atoms with van der Waals surface area (Å²) in [4.78, 5) is 2.20. The van der Waals surface area contributed by atoms with Gasteiger partial charge in [0.2, 0.25) is 0 Å². The number of aromatic nitrogens is 2. The van der Waals surface area contributed by atoms with Gasteiger partial charge in [-0.3, -0.25) is 0 Å². The van der Waals surface area contributed by atoms with Crippen LogP contribution in [0.5, 0.6) is 5.75 Å². The minimum Gasteiger partial charge on any atom is -0.495 e. The lowest BCUT2D eigenvalue weighted by atomic mass is 9.68. The van der Waals surface area contributed by atoms with E-state index in [1.54, 1.807) is 13.2 Å². The highest BCUT2D eigenvalue weighted by Gasteiger charge is 2.46. The molecular weight excluding hydrogens is 485 g/mol. The largest absolute Gasteiger partial charge is 0.495 e. The molecule has 2 N–H and O–H groups in total. The third kappa shape index (κ3) is 5.25. The Bertz CT molecular complexity index is 1250. The molecule has 0 unspecified atom stereocenters. The van der Waals surface area contributed by atoms with Gasteiger partial charge in [-0.15, -0.1) is 22.6 Å². The summed E-state index contributed by atoms with van der Waals surface area (Å²) in [5.41, 5.74) is 0.895. The second kappa shape index (κ2) is 10.1. The number of benzene rings is 2. The van der Waals surface area contributed by atoms with Crippen LogP contribution in [0.1, 0.15) is 38.8 Å². The van der Waals surface area contributed by atoms with Crippen LogP contribution in [0, 0.1) is 22.2 Å². The van der Waals surface area contributed by atoms with E-state index in [0.29, 0.717) is 41.8 Å². The molecule has 3 aromatic rings. The summed E-state index contributed by atoms with van der Waals surface area (Å²) < 4.78 is 5.23. The SMILES string of the molecule is COc1ccc(CNc2nnc(N3CC(C)(C)C(O)C(C)(C)C3)c3ccc(C#N)cc23)cc1Cl.Cl. The number of halogens is 2. The molecule has 0 atom stereocenters. The van der Waals surface area contributed by atoms with E-state index in [1.165, 1.54) is 0 Å². The Morgan fingerprint density at radius 1 is 1.11 bits per heavy atom. The minimum absolute atomic E-state index is 0. The zero-order chi connectivity index (χ0) is 24.7. The predicted molar refractivity (Wildman–Crippen MR) is 143 cm³/mol. The fraction of sp³-hybridized carbons (Fsp3) is 0.423. The third-order valence-corrected chi connectivity index (χ3v) is 6.84. The predicted octanol–water partition coefficient (Wildman–Crippen LogP) is 5.43. The molecule has 0 spiro atoms. The number of nitrogens with zero attached hydrogens (tertiary/aromatic N) is 4. The van der Waals surface area contributed by atoms with Gasteiger partial charge in [0.1, 0.15) is 5.75 Å². The van der Waals surface area contributed by atoms with Crippen LogP contribution < -0.4 is 15.0 Å². The van der Waals surface area contributed by atoms with Crippen LogP contribution in [0.2, 0.25) is 5.02 Å². The number of methoxy groups -OCH3 is 1. The number of hydrogen-bond acceptors (Lipinski definition) is 7. The Morgan fingerprint density at radius 2 is 1.80 bits per heavy atom. The molecule has 2 aromatic carbocycles. The van der Waals surface area contributed by atoms with Crippen LogP contribution >= 0.6 is 24.0 Å². The van der Waals surface area contributed by atoms with Crippen molar-refractivity contribution < 1.29 is 9.84 Å². The van der Waals surface area contributed by atoms with Crippen molar-refractivity contribution in [2.75, 3.05) is 30.4 Å². The molecule has 1 aliphatic rings. The first kappa shape index (κ1) is 26.8. The number of nitriles is 1. The van der Waals surface area contributed by atoms with Crippen molar-refractivity contribution in [1.82, 2.24) is 10.2 Å². The van der Waals surface area contributed by atoms with E-state index in [2.05, 4.69) is 54.2 Å². The molecule has 35 heavy (non-hydrogen) atoms. The molecule has 0 amide bonds. The van der Waals surface area contributed by atoms with Crippen molar-refractivity contribution in [3.05, 3.63) is 52.5 Å². The van der Waals surface area contributed by atoms with Gasteiger partial charge >= 0.3 is 0 Å². The van der Waals surface area contributed by atoms with E-state index in [1.807, 2.05) is 30.3 Å². The van der Waals surface area contributed by atoms with Gasteiger partial charge in [-0.2, -0.15) is 5.26 Å². The second-order valence-corrected chi connectivity index (χ2v) is 10.7. The van der Waals surface area contributed by atoms with Crippen LogP contribution in [0.3, 0.4) is 0 Å². The van der Waals surface area contributed by atoms with Crippen molar-refractivity contribution in [2.45, 2.75) is 40.3 Å². The Morgan fingerprint density at radius 3 is 2.40 bits per heavy atom. The van der Waals surface area contributed by atoms with E-state index in [0.717, 1.165) is 22.2 Å². The smallest absolute Gasteiger partial charge is 0.159 e. The first-order valence-electron chi connectivity index (χ1n) is 11.3. The summed E-state index contributed by atoms with van der Waals surface area (Å²) in [6.07, 6.45) is -0.432. The molecule has 7 nitrogen and oxygen atoms in total. The standard InChI is InChI=1S/C26H30ClN5O2.ClH/c1-25(2)14-32(15-26(3,4)24(25)33)23-18-8-6-16(12-28)10-19(18)22(30-31-23)29-13-17-7-9-21(34-5)20(27)11-17;/h6-11,24,33H,13-15H2,1-5H3,(H,29,30);1H. The number of aliphatic hydroxyl groups is 1. The number of aliphatic hydroxyl groups excluding tert-OH is 1. The van der Waals surface area contributed by atoms with Gasteiger partial charge in [0.25, 0.3) is 0 Å². The Kier molecular flexibility index (Phi) is 7.71. The molecule has 186 valence electrons. The molecule has 2 heterocycles. The second-order valence-electron chi connectivity index (χ2n) is 10.3. The van der Waals surface area contributed by atoms with E-state index >= 15 is 0 Å². The third-order valence-electron chi connectivity index (χ3n) is 6.54. The average Bonchev–Trinajstić information content (AvgIpc) is 2.80. The summed E-state index contributed by atoms with van der Waals surface area (Å²) in [6, 6.07) is 13.4. The van der Waals surface area contributed by atoms with E-state index in [-0.39, 0.29) is 23.2 Å². The first-order chi connectivity index (χ1) is 16.1. The van der Waals surface area contributed by atoms with Crippen LogP contribution in [-0.4, -0.2) is 41.6 Å². The number of anilines is 2. The zero-order valence-corrected chi connectivity index (χ0v) is 22.2. The normalized spacial score (nSPS) is 16.9. The summed E-state index contributed by atoms with van der Waals surface area (Å²) >= 11 is 6.27. The molecule has 1 aromatic heterocycles. The first-order valence-corrected chi connectivity index (χ1v) is 11.6. The maximum absolute atomic E-state index is 10.9. The highest BCUT2D eigenvalue weighted by molar-refractivity contribution is 6.32. The van der Waals surface area contributed by atoms with Crippen LogP contribution in [0.4, 0.5) is 11.6 Å². The van der Waals surface area contributed by atoms with Crippen molar-refractivity contribution >= 4 is 46.4 Å². The maximum atomic E-state index is 10.9. The zero-order valence-electron chi connectivity index (χ0n) is 20.6. The lowest BCUT2D eigenvalue weighted by molar-refractivity contribution is -0.0533. The van der Waals surface area contributed by atoms with Gasteiger partial charge in [0.05, 0.1) is 29.9 Å². The molecule has 1 aliphatic heterocycles. The summed E-state index contributed by atoms with van der Waals surface area (Å²) in [5, 5.41) is 35.1. The molecule has 0 aliphatic carbocycles. The van der Waals surface area contributed by atoms with Gasteiger partial charge in [-0.25, -0.2) is 0 Å². The number of piperidine rings is 1. The number of fused-ring (bicyclic) bond motifs is 1. The average molecular weight is 516 g/mol. The Balaban J connectivity index is 0.00000342. The highest BCUT2D eigenvalue weighted by Crippen LogP contribution is 2.43. The quantitative estimate of drug-likeness (QED) is 0.467. The Hall–Kier alpha value is -2.79. The van der Waals surface area contributed by atoms with E-state index < -0.39 is 6.10 Å². The topological polar surface area (TPSA) is 94.3 Å². The minimum atomic E-state index is -0.432. The van der Waals surface area contributed by atoms with Crippen molar-refractivity contribution in [3.63, 3.8) is 0 Å². The number of hydrogen-bond donors (Lipinski definition) is 2.